The molecule has 0 N–H and O–H groups in total. The molecular formula is C20H21N3O3S. The van der Waals surface area contributed by atoms with E-state index < -0.39 is 0 Å². The number of benzene rings is 1. The third-order valence-electron chi connectivity index (χ3n) is 4.06. The predicted molar refractivity (Wildman–Crippen MR) is 105 cm³/mol. The SMILES string of the molecule is C=CCn1c(SC(CC)C(=O)c2ccc(OC)cc2)nnc1-c1ccco1. The highest BCUT2D eigenvalue weighted by atomic mass is 32.2. The lowest BCUT2D eigenvalue weighted by Crippen LogP contribution is -2.17. The molecule has 7 heteroatoms. The Morgan fingerprint density at radius 1 is 1.33 bits per heavy atom. The monoisotopic (exact) mass is 383 g/mol. The van der Waals surface area contributed by atoms with Gasteiger partial charge in [0.1, 0.15) is 5.75 Å². The van der Waals surface area contributed by atoms with Gasteiger partial charge in [-0.15, -0.1) is 16.8 Å². The van der Waals surface area contributed by atoms with E-state index in [1.807, 2.05) is 17.6 Å². The fourth-order valence-corrected chi connectivity index (χ4v) is 3.69. The molecular weight excluding hydrogens is 362 g/mol. The number of ether oxygens (including phenoxy) is 1. The first-order valence-corrected chi connectivity index (χ1v) is 9.48. The van der Waals surface area contributed by atoms with Crippen molar-refractivity contribution < 1.29 is 13.9 Å². The first-order valence-electron chi connectivity index (χ1n) is 8.60. The first-order chi connectivity index (χ1) is 13.2. The minimum atomic E-state index is -0.268. The topological polar surface area (TPSA) is 70.2 Å². The van der Waals surface area contributed by atoms with Crippen LogP contribution in [0.3, 0.4) is 0 Å². The number of hydrogen-bond donors (Lipinski definition) is 0. The molecule has 3 aromatic rings. The zero-order chi connectivity index (χ0) is 19.2. The molecule has 27 heavy (non-hydrogen) atoms. The summed E-state index contributed by atoms with van der Waals surface area (Å²) in [5.74, 6) is 2.03. The van der Waals surface area contributed by atoms with Crippen LogP contribution < -0.4 is 4.74 Å². The molecule has 0 aliphatic rings. The number of aromatic nitrogens is 3. The second kappa shape index (κ2) is 8.73. The van der Waals surface area contributed by atoms with Crippen molar-refractivity contribution in [3.05, 3.63) is 60.9 Å². The number of nitrogens with zero attached hydrogens (tertiary/aromatic N) is 3. The smallest absolute Gasteiger partial charge is 0.200 e. The summed E-state index contributed by atoms with van der Waals surface area (Å²) in [4.78, 5) is 12.9. The van der Waals surface area contributed by atoms with Gasteiger partial charge in [-0.1, -0.05) is 24.8 Å². The number of thioether (sulfide) groups is 1. The van der Waals surface area contributed by atoms with Gasteiger partial charge in [0.2, 0.25) is 5.82 Å². The average molecular weight is 383 g/mol. The van der Waals surface area contributed by atoms with Gasteiger partial charge in [-0.3, -0.25) is 9.36 Å². The molecule has 0 aliphatic heterocycles. The standard InChI is InChI=1S/C20H21N3O3S/c1-4-12-23-19(16-7-6-13-26-16)21-22-20(23)27-17(5-2)18(24)14-8-10-15(25-3)11-9-14/h4,6-11,13,17H,1,5,12H2,2-3H3. The Balaban J connectivity index is 1.85. The number of methoxy groups -OCH3 is 1. The van der Waals surface area contributed by atoms with E-state index in [0.29, 0.717) is 35.3 Å². The van der Waals surface area contributed by atoms with Crippen LogP contribution in [0.5, 0.6) is 5.75 Å². The van der Waals surface area contributed by atoms with E-state index in [1.165, 1.54) is 11.8 Å². The molecule has 2 heterocycles. The molecule has 1 aromatic carbocycles. The predicted octanol–water partition coefficient (Wildman–Crippen LogP) is 4.49. The molecule has 0 saturated heterocycles. The van der Waals surface area contributed by atoms with E-state index in [-0.39, 0.29) is 11.0 Å². The average Bonchev–Trinajstić information content (AvgIpc) is 3.36. The van der Waals surface area contributed by atoms with Crippen molar-refractivity contribution in [2.45, 2.75) is 30.3 Å². The fraction of sp³-hybridized carbons (Fsp3) is 0.250. The van der Waals surface area contributed by atoms with Crippen molar-refractivity contribution in [2.24, 2.45) is 0 Å². The zero-order valence-electron chi connectivity index (χ0n) is 15.3. The number of allylic oxidation sites excluding steroid dienone is 1. The molecule has 0 spiro atoms. The molecule has 0 amide bonds. The van der Waals surface area contributed by atoms with Crippen molar-refractivity contribution in [3.8, 4) is 17.3 Å². The lowest BCUT2D eigenvalue weighted by atomic mass is 10.1. The largest absolute Gasteiger partial charge is 0.497 e. The molecule has 1 unspecified atom stereocenters. The fourth-order valence-electron chi connectivity index (χ4n) is 2.65. The molecule has 6 nitrogen and oxygen atoms in total. The van der Waals surface area contributed by atoms with Gasteiger partial charge < -0.3 is 9.15 Å². The number of carbonyl (C=O) groups excluding carboxylic acids is 1. The van der Waals surface area contributed by atoms with Gasteiger partial charge >= 0.3 is 0 Å². The zero-order valence-corrected chi connectivity index (χ0v) is 16.1. The van der Waals surface area contributed by atoms with Crippen LogP contribution >= 0.6 is 11.8 Å². The number of ketones is 1. The summed E-state index contributed by atoms with van der Waals surface area (Å²) < 4.78 is 12.5. The van der Waals surface area contributed by atoms with Crippen LogP contribution in [-0.2, 0) is 6.54 Å². The number of carbonyl (C=O) groups is 1. The lowest BCUT2D eigenvalue weighted by molar-refractivity contribution is 0.0988. The Hall–Kier alpha value is -2.80. The summed E-state index contributed by atoms with van der Waals surface area (Å²) in [5, 5.41) is 8.91. The van der Waals surface area contributed by atoms with Crippen LogP contribution in [0.4, 0.5) is 0 Å². The minimum absolute atomic E-state index is 0.0536. The van der Waals surface area contributed by atoms with E-state index >= 15 is 0 Å². The quantitative estimate of drug-likeness (QED) is 0.308. The normalized spacial score (nSPS) is 11.9. The lowest BCUT2D eigenvalue weighted by Gasteiger charge is -2.14. The van der Waals surface area contributed by atoms with Gasteiger partial charge in [0.15, 0.2) is 16.7 Å². The van der Waals surface area contributed by atoms with Gasteiger partial charge in [0.25, 0.3) is 0 Å². The van der Waals surface area contributed by atoms with E-state index in [0.717, 1.165) is 5.75 Å². The van der Waals surface area contributed by atoms with E-state index in [4.69, 9.17) is 9.15 Å². The van der Waals surface area contributed by atoms with E-state index in [9.17, 15) is 4.79 Å². The molecule has 140 valence electrons. The summed E-state index contributed by atoms with van der Waals surface area (Å²) in [6, 6.07) is 10.8. The maximum atomic E-state index is 12.9. The van der Waals surface area contributed by atoms with Crippen LogP contribution in [-0.4, -0.2) is 32.9 Å². The van der Waals surface area contributed by atoms with Crippen molar-refractivity contribution in [1.82, 2.24) is 14.8 Å². The van der Waals surface area contributed by atoms with Crippen molar-refractivity contribution in [2.75, 3.05) is 7.11 Å². The van der Waals surface area contributed by atoms with Crippen LogP contribution in [0.1, 0.15) is 23.7 Å². The summed E-state index contributed by atoms with van der Waals surface area (Å²) in [5.41, 5.74) is 0.649. The number of rotatable bonds is 9. The van der Waals surface area contributed by atoms with Gasteiger partial charge in [-0.05, 0) is 42.8 Å². The van der Waals surface area contributed by atoms with Crippen LogP contribution in [0, 0.1) is 0 Å². The summed E-state index contributed by atoms with van der Waals surface area (Å²) in [7, 11) is 1.60. The summed E-state index contributed by atoms with van der Waals surface area (Å²) in [6.07, 6.45) is 4.04. The van der Waals surface area contributed by atoms with Gasteiger partial charge in [0.05, 0.1) is 18.6 Å². The minimum Gasteiger partial charge on any atom is -0.497 e. The third-order valence-corrected chi connectivity index (χ3v) is 5.40. The number of hydrogen-bond acceptors (Lipinski definition) is 6. The van der Waals surface area contributed by atoms with Crippen LogP contribution in [0.25, 0.3) is 11.6 Å². The first kappa shape index (κ1) is 19.0. The Morgan fingerprint density at radius 2 is 2.11 bits per heavy atom. The maximum Gasteiger partial charge on any atom is 0.200 e. The Labute approximate surface area is 162 Å². The van der Waals surface area contributed by atoms with Gasteiger partial charge in [0, 0.05) is 12.1 Å². The Morgan fingerprint density at radius 3 is 2.70 bits per heavy atom. The highest BCUT2D eigenvalue weighted by Gasteiger charge is 2.24. The molecule has 2 aromatic heterocycles. The van der Waals surface area contributed by atoms with Crippen LogP contribution in [0.15, 0.2) is 64.9 Å². The Kier molecular flexibility index (Phi) is 6.13. The molecule has 0 radical (unpaired) electrons. The molecule has 1 atom stereocenters. The highest BCUT2D eigenvalue weighted by molar-refractivity contribution is 8.00. The van der Waals surface area contributed by atoms with Crippen molar-refractivity contribution in [3.63, 3.8) is 0 Å². The van der Waals surface area contributed by atoms with Gasteiger partial charge in [-0.25, -0.2) is 0 Å². The summed E-state index contributed by atoms with van der Waals surface area (Å²) >= 11 is 1.41. The second-order valence-corrected chi connectivity index (χ2v) is 6.96. The maximum absolute atomic E-state index is 12.9. The van der Waals surface area contributed by atoms with E-state index in [2.05, 4.69) is 16.8 Å². The summed E-state index contributed by atoms with van der Waals surface area (Å²) in [6.45, 7) is 6.32. The second-order valence-electron chi connectivity index (χ2n) is 5.79. The molecule has 0 bridgehead atoms. The van der Waals surface area contributed by atoms with E-state index in [1.54, 1.807) is 49.8 Å². The number of furan rings is 1. The highest BCUT2D eigenvalue weighted by Crippen LogP contribution is 2.30. The van der Waals surface area contributed by atoms with Crippen LogP contribution in [0.2, 0.25) is 0 Å². The molecule has 0 fully saturated rings. The molecule has 0 saturated carbocycles. The van der Waals surface area contributed by atoms with Crippen molar-refractivity contribution in [1.29, 1.82) is 0 Å². The third kappa shape index (κ3) is 4.14. The molecule has 0 aliphatic carbocycles. The Bertz CT molecular complexity index is 901. The number of Topliss-reactive ketones (excluding diaryl/α,β-unsaturated/α-hetero) is 1. The molecule has 3 rings (SSSR count). The van der Waals surface area contributed by atoms with Gasteiger partial charge in [-0.2, -0.15) is 0 Å². The van der Waals surface area contributed by atoms with Crippen molar-refractivity contribution >= 4 is 17.5 Å².